The molecule has 1 aromatic heterocycles. The lowest BCUT2D eigenvalue weighted by Gasteiger charge is -2.27. The summed E-state index contributed by atoms with van der Waals surface area (Å²) in [6.07, 6.45) is 0.511. The Balaban J connectivity index is 1.58. The van der Waals surface area contributed by atoms with Crippen molar-refractivity contribution < 1.29 is 22.2 Å². The van der Waals surface area contributed by atoms with Crippen molar-refractivity contribution in [1.82, 2.24) is 14.7 Å². The number of benzene rings is 2. The molecule has 5 nitrogen and oxygen atoms in total. The van der Waals surface area contributed by atoms with Gasteiger partial charge in [-0.25, -0.2) is 8.78 Å². The van der Waals surface area contributed by atoms with Gasteiger partial charge < -0.3 is 9.64 Å². The van der Waals surface area contributed by atoms with E-state index in [1.165, 1.54) is 12.1 Å². The first-order valence-corrected chi connectivity index (χ1v) is 10.1. The fraction of sp³-hybridized carbons (Fsp3) is 0.238. The molecule has 0 saturated heterocycles. The lowest BCUT2D eigenvalue weighted by atomic mass is 9.99. The minimum Gasteiger partial charge on any atom is -0.480 e. The number of carbonyl (C=O) groups is 1. The highest BCUT2D eigenvalue weighted by Crippen LogP contribution is 2.31. The molecule has 2 aromatic carbocycles. The van der Waals surface area contributed by atoms with Crippen LogP contribution in [0.5, 0.6) is 5.75 Å². The first-order valence-electron chi connectivity index (χ1n) is 9.23. The predicted molar refractivity (Wildman–Crippen MR) is 108 cm³/mol. The summed E-state index contributed by atoms with van der Waals surface area (Å²) < 4.78 is 46.4. The van der Waals surface area contributed by atoms with Crippen LogP contribution in [0.4, 0.5) is 12.7 Å². The van der Waals surface area contributed by atoms with E-state index in [0.717, 1.165) is 11.6 Å². The number of hydrogen-bond donors (Lipinski definition) is 0. The zero-order valence-corrected chi connectivity index (χ0v) is 16.9. The highest BCUT2D eigenvalue weighted by Gasteiger charge is 2.28. The summed E-state index contributed by atoms with van der Waals surface area (Å²) in [4.78, 5) is 14.6. The van der Waals surface area contributed by atoms with E-state index in [2.05, 4.69) is 5.10 Å². The number of carbonyl (C=O) groups excluding carboxylic acids is 1. The Morgan fingerprint density at radius 1 is 1.20 bits per heavy atom. The smallest absolute Gasteiger partial charge is 0.254 e. The van der Waals surface area contributed by atoms with Crippen LogP contribution in [0.3, 0.4) is 0 Å². The summed E-state index contributed by atoms with van der Waals surface area (Å²) in [5.41, 5.74) is 3.07. The molecule has 3 aromatic rings. The van der Waals surface area contributed by atoms with Crippen LogP contribution in [0.2, 0.25) is 0 Å². The summed E-state index contributed by atoms with van der Waals surface area (Å²) in [6, 6.07) is 9.97. The van der Waals surface area contributed by atoms with Gasteiger partial charge in [0.2, 0.25) is 0 Å². The van der Waals surface area contributed by atoms with Gasteiger partial charge in [0.15, 0.2) is 5.94 Å². The lowest BCUT2D eigenvalue weighted by Crippen LogP contribution is -2.36. The topological polar surface area (TPSA) is 47.4 Å². The molecule has 0 fully saturated rings. The van der Waals surface area contributed by atoms with Gasteiger partial charge >= 0.3 is 0 Å². The Bertz CT molecular complexity index is 1080. The van der Waals surface area contributed by atoms with Crippen molar-refractivity contribution >= 4 is 18.1 Å². The molecular weight excluding hydrogens is 415 g/mol. The van der Waals surface area contributed by atoms with Crippen molar-refractivity contribution in [2.75, 3.05) is 12.5 Å². The van der Waals surface area contributed by atoms with E-state index in [9.17, 15) is 17.5 Å². The average Bonchev–Trinajstić information content (AvgIpc) is 3.06. The molecule has 9 heteroatoms. The summed E-state index contributed by atoms with van der Waals surface area (Å²) in [5.74, 6) is -1.23. The number of amides is 1. The molecule has 1 amide bonds. The fourth-order valence-electron chi connectivity index (χ4n) is 3.74. The first kappa shape index (κ1) is 20.3. The molecule has 30 heavy (non-hydrogen) atoms. The molecule has 1 aliphatic rings. The molecule has 0 bridgehead atoms. The first-order chi connectivity index (χ1) is 14.5. The molecule has 0 spiro atoms. The zero-order chi connectivity index (χ0) is 21.3. The summed E-state index contributed by atoms with van der Waals surface area (Å²) in [5, 5.41) is 4.48. The zero-order valence-electron chi connectivity index (χ0n) is 16.1. The van der Waals surface area contributed by atoms with Crippen molar-refractivity contribution in [2.24, 2.45) is 7.05 Å². The van der Waals surface area contributed by atoms with E-state index in [1.807, 2.05) is 0 Å². The highest BCUT2D eigenvalue weighted by atomic mass is 32.2. The molecule has 0 atom stereocenters. The Labute approximate surface area is 175 Å². The molecule has 0 radical (unpaired) electrons. The third-order valence-electron chi connectivity index (χ3n) is 4.98. The van der Waals surface area contributed by atoms with Crippen LogP contribution in [0, 0.1) is 11.6 Å². The number of ether oxygens (including phenoxy) is 1. The molecule has 0 unspecified atom stereocenters. The highest BCUT2D eigenvalue weighted by molar-refractivity contribution is 7.94. The van der Waals surface area contributed by atoms with Crippen LogP contribution < -0.4 is 4.74 Å². The number of nitrogens with zero attached hydrogens (tertiary/aromatic N) is 3. The van der Waals surface area contributed by atoms with Crippen molar-refractivity contribution in [3.63, 3.8) is 0 Å². The molecular formula is C21H18F3N3O2S. The summed E-state index contributed by atoms with van der Waals surface area (Å²) >= 11 is 0.0595. The fourth-order valence-corrected chi connectivity index (χ4v) is 3.92. The van der Waals surface area contributed by atoms with Crippen molar-refractivity contribution in [1.29, 1.82) is 0 Å². The average molecular weight is 433 g/mol. The van der Waals surface area contributed by atoms with Crippen molar-refractivity contribution in [3.8, 4) is 17.0 Å². The summed E-state index contributed by atoms with van der Waals surface area (Å²) in [6.45, 7) is 0.721. The second-order valence-corrected chi connectivity index (χ2v) is 7.39. The van der Waals surface area contributed by atoms with Gasteiger partial charge in [-0.2, -0.15) is 8.98 Å². The lowest BCUT2D eigenvalue weighted by molar-refractivity contribution is 0.0732. The quantitative estimate of drug-likeness (QED) is 0.556. The van der Waals surface area contributed by atoms with Gasteiger partial charge in [0, 0.05) is 36.3 Å². The van der Waals surface area contributed by atoms with Crippen LogP contribution in [-0.4, -0.2) is 33.1 Å². The molecule has 0 saturated carbocycles. The van der Waals surface area contributed by atoms with Gasteiger partial charge in [-0.05, 0) is 36.8 Å². The van der Waals surface area contributed by atoms with E-state index in [1.54, 1.807) is 40.9 Å². The van der Waals surface area contributed by atoms with E-state index in [4.69, 9.17) is 4.74 Å². The predicted octanol–water partition coefficient (Wildman–Crippen LogP) is 4.52. The number of rotatable bonds is 5. The largest absolute Gasteiger partial charge is 0.480 e. The van der Waals surface area contributed by atoms with Crippen LogP contribution in [0.25, 0.3) is 11.3 Å². The third-order valence-corrected chi connectivity index (χ3v) is 5.18. The number of aryl methyl sites for hydroxylation is 1. The van der Waals surface area contributed by atoms with Gasteiger partial charge in [0.25, 0.3) is 5.91 Å². The Morgan fingerprint density at radius 2 is 1.97 bits per heavy atom. The van der Waals surface area contributed by atoms with Crippen molar-refractivity contribution in [3.05, 3.63) is 70.9 Å². The maximum Gasteiger partial charge on any atom is 0.254 e. The van der Waals surface area contributed by atoms with Crippen LogP contribution in [0.1, 0.15) is 21.6 Å². The summed E-state index contributed by atoms with van der Waals surface area (Å²) in [7, 11) is 1.71. The minimum absolute atomic E-state index is 0.0595. The number of halogens is 3. The van der Waals surface area contributed by atoms with Gasteiger partial charge in [0.05, 0.1) is 30.1 Å². The molecule has 1 aliphatic heterocycles. The second-order valence-electron chi connectivity index (χ2n) is 6.93. The van der Waals surface area contributed by atoms with E-state index < -0.39 is 11.6 Å². The maximum absolute atomic E-state index is 13.7. The molecule has 2 heterocycles. The van der Waals surface area contributed by atoms with E-state index in [-0.39, 0.29) is 30.5 Å². The van der Waals surface area contributed by atoms with Crippen molar-refractivity contribution in [2.45, 2.75) is 13.0 Å². The van der Waals surface area contributed by atoms with Gasteiger partial charge in [-0.15, -0.1) is 0 Å². The number of aromatic nitrogens is 2. The third kappa shape index (κ3) is 4.02. The Morgan fingerprint density at radius 3 is 2.70 bits per heavy atom. The van der Waals surface area contributed by atoms with E-state index >= 15 is 0 Å². The van der Waals surface area contributed by atoms with E-state index in [0.29, 0.717) is 41.2 Å². The van der Waals surface area contributed by atoms with Gasteiger partial charge in [-0.3, -0.25) is 9.48 Å². The minimum atomic E-state index is -0.652. The SMILES string of the molecule is Cn1nc2c(c1-c1cc(F)cc(F)c1)CCN(C(=O)c1cccc(OCSF)c1)C2. The number of hydrogen-bond acceptors (Lipinski definition) is 4. The Kier molecular flexibility index (Phi) is 5.72. The molecule has 4 rings (SSSR count). The molecule has 156 valence electrons. The van der Waals surface area contributed by atoms with Crippen LogP contribution in [-0.2, 0) is 20.0 Å². The van der Waals surface area contributed by atoms with Gasteiger partial charge in [0.1, 0.15) is 17.4 Å². The monoisotopic (exact) mass is 433 g/mol. The molecule has 0 N–H and O–H groups in total. The maximum atomic E-state index is 13.7. The van der Waals surface area contributed by atoms with Gasteiger partial charge in [-0.1, -0.05) is 6.07 Å². The molecule has 0 aliphatic carbocycles. The normalized spacial score (nSPS) is 13.3. The number of fused-ring (bicyclic) bond motifs is 1. The van der Waals surface area contributed by atoms with Crippen LogP contribution in [0.15, 0.2) is 42.5 Å². The standard InChI is InChI=1S/C21H18F3N3O2S/c1-26-20(14-7-15(22)10-16(23)8-14)18-5-6-27(11-19(18)25-26)21(28)13-3-2-4-17(9-13)29-12-30-24/h2-4,7-10H,5-6,11-12H2,1H3. The second kappa shape index (κ2) is 8.43. The Hall–Kier alpha value is -2.94. The van der Waals surface area contributed by atoms with Crippen LogP contribution >= 0.6 is 12.1 Å².